The van der Waals surface area contributed by atoms with Crippen LogP contribution in [0, 0.1) is 0 Å². The van der Waals surface area contributed by atoms with E-state index in [1.54, 1.807) is 6.26 Å². The molecule has 0 radical (unpaired) electrons. The van der Waals surface area contributed by atoms with Crippen molar-refractivity contribution in [3.05, 3.63) is 53.5 Å². The molecule has 114 valence electrons. The molecule has 0 bridgehead atoms. The predicted octanol–water partition coefficient (Wildman–Crippen LogP) is 4.27. The van der Waals surface area contributed by atoms with Gasteiger partial charge in [0, 0.05) is 12.1 Å². The van der Waals surface area contributed by atoms with Crippen LogP contribution < -0.4 is 10.1 Å². The Morgan fingerprint density at radius 3 is 2.71 bits per heavy atom. The Hall–Kier alpha value is -1.74. The van der Waals surface area contributed by atoms with Gasteiger partial charge in [-0.15, -0.1) is 0 Å². The highest BCUT2D eigenvalue weighted by atomic mass is 16.5. The fourth-order valence-corrected chi connectivity index (χ4v) is 2.11. The molecule has 21 heavy (non-hydrogen) atoms. The molecule has 0 unspecified atom stereocenters. The first-order valence-electron chi connectivity index (χ1n) is 7.50. The Balaban J connectivity index is 2.02. The zero-order valence-electron chi connectivity index (χ0n) is 13.4. The van der Waals surface area contributed by atoms with Crippen LogP contribution in [-0.4, -0.2) is 6.54 Å². The van der Waals surface area contributed by atoms with Gasteiger partial charge in [0.2, 0.25) is 0 Å². The first-order valence-corrected chi connectivity index (χ1v) is 7.50. The summed E-state index contributed by atoms with van der Waals surface area (Å²) in [6.07, 6.45) is 1.72. The lowest BCUT2D eigenvalue weighted by atomic mass is 9.87. The summed E-state index contributed by atoms with van der Waals surface area (Å²) in [7, 11) is 0. The summed E-state index contributed by atoms with van der Waals surface area (Å²) in [6, 6.07) is 10.3. The van der Waals surface area contributed by atoms with Crippen molar-refractivity contribution in [2.75, 3.05) is 6.54 Å². The maximum Gasteiger partial charge on any atom is 0.146 e. The molecule has 0 amide bonds. The Bertz CT molecular complexity index is 567. The first kappa shape index (κ1) is 15.6. The Kier molecular flexibility index (Phi) is 5.07. The third kappa shape index (κ3) is 4.36. The van der Waals surface area contributed by atoms with E-state index in [2.05, 4.69) is 45.1 Å². The van der Waals surface area contributed by atoms with Crippen LogP contribution in [0.25, 0.3) is 0 Å². The van der Waals surface area contributed by atoms with Crippen molar-refractivity contribution in [3.63, 3.8) is 0 Å². The average Bonchev–Trinajstić information content (AvgIpc) is 2.90. The topological polar surface area (TPSA) is 34.4 Å². The standard InChI is InChI=1S/C18H25NO2/c1-5-19-12-14-9-10-20-17(14)13-21-16-8-6-7-15(11-16)18(2,3)4/h6-11,19H,5,12-13H2,1-4H3. The minimum Gasteiger partial charge on any atom is -0.486 e. The molecular formula is C18H25NO2. The largest absolute Gasteiger partial charge is 0.486 e. The number of ether oxygens (including phenoxy) is 1. The van der Waals surface area contributed by atoms with Crippen LogP contribution in [0.1, 0.15) is 44.6 Å². The Labute approximate surface area is 127 Å². The smallest absolute Gasteiger partial charge is 0.146 e. The number of furan rings is 1. The molecule has 0 atom stereocenters. The van der Waals surface area contributed by atoms with Gasteiger partial charge in [0.05, 0.1) is 6.26 Å². The lowest BCUT2D eigenvalue weighted by Gasteiger charge is -2.19. The highest BCUT2D eigenvalue weighted by Crippen LogP contribution is 2.26. The highest BCUT2D eigenvalue weighted by Gasteiger charge is 2.14. The fourth-order valence-electron chi connectivity index (χ4n) is 2.11. The summed E-state index contributed by atoms with van der Waals surface area (Å²) in [5, 5.41) is 3.30. The van der Waals surface area contributed by atoms with Gasteiger partial charge in [0.15, 0.2) is 0 Å². The van der Waals surface area contributed by atoms with Crippen molar-refractivity contribution in [1.82, 2.24) is 5.32 Å². The van der Waals surface area contributed by atoms with Crippen molar-refractivity contribution in [3.8, 4) is 5.75 Å². The molecule has 0 saturated heterocycles. The second-order valence-electron chi connectivity index (χ2n) is 6.22. The van der Waals surface area contributed by atoms with E-state index >= 15 is 0 Å². The molecule has 1 heterocycles. The Morgan fingerprint density at radius 2 is 2.00 bits per heavy atom. The normalized spacial score (nSPS) is 11.6. The summed E-state index contributed by atoms with van der Waals surface area (Å²) in [6.45, 7) is 10.9. The molecular weight excluding hydrogens is 262 g/mol. The van der Waals surface area contributed by atoms with Gasteiger partial charge in [-0.05, 0) is 35.7 Å². The monoisotopic (exact) mass is 287 g/mol. The summed E-state index contributed by atoms with van der Waals surface area (Å²) < 4.78 is 11.4. The first-order chi connectivity index (χ1) is 10.0. The zero-order valence-corrected chi connectivity index (χ0v) is 13.4. The number of hydrogen-bond acceptors (Lipinski definition) is 3. The van der Waals surface area contributed by atoms with E-state index < -0.39 is 0 Å². The van der Waals surface area contributed by atoms with Crippen molar-refractivity contribution >= 4 is 0 Å². The van der Waals surface area contributed by atoms with Crippen molar-refractivity contribution < 1.29 is 9.15 Å². The lowest BCUT2D eigenvalue weighted by Crippen LogP contribution is -2.13. The van der Waals surface area contributed by atoms with Gasteiger partial charge in [-0.1, -0.05) is 39.8 Å². The molecule has 1 aromatic carbocycles. The van der Waals surface area contributed by atoms with E-state index in [1.807, 2.05) is 18.2 Å². The van der Waals surface area contributed by atoms with Crippen LogP contribution in [0.5, 0.6) is 5.75 Å². The van der Waals surface area contributed by atoms with E-state index in [0.29, 0.717) is 6.61 Å². The maximum absolute atomic E-state index is 5.89. The highest BCUT2D eigenvalue weighted by molar-refractivity contribution is 5.32. The van der Waals surface area contributed by atoms with E-state index in [9.17, 15) is 0 Å². The van der Waals surface area contributed by atoms with Crippen LogP contribution >= 0.6 is 0 Å². The predicted molar refractivity (Wildman–Crippen MR) is 85.6 cm³/mol. The van der Waals surface area contributed by atoms with Crippen LogP contribution in [0.3, 0.4) is 0 Å². The third-order valence-corrected chi connectivity index (χ3v) is 3.47. The molecule has 0 saturated carbocycles. The molecule has 0 aliphatic carbocycles. The van der Waals surface area contributed by atoms with Crippen LogP contribution in [-0.2, 0) is 18.6 Å². The van der Waals surface area contributed by atoms with Gasteiger partial charge in [0.1, 0.15) is 18.1 Å². The minimum atomic E-state index is 0.125. The molecule has 3 nitrogen and oxygen atoms in total. The van der Waals surface area contributed by atoms with Gasteiger partial charge in [0.25, 0.3) is 0 Å². The molecule has 2 rings (SSSR count). The molecule has 0 aliphatic heterocycles. The summed E-state index contributed by atoms with van der Waals surface area (Å²) >= 11 is 0. The Morgan fingerprint density at radius 1 is 1.19 bits per heavy atom. The van der Waals surface area contributed by atoms with Crippen molar-refractivity contribution in [1.29, 1.82) is 0 Å². The number of nitrogens with one attached hydrogen (secondary N) is 1. The van der Waals surface area contributed by atoms with Gasteiger partial charge in [-0.25, -0.2) is 0 Å². The molecule has 0 spiro atoms. The van der Waals surface area contributed by atoms with Gasteiger partial charge >= 0.3 is 0 Å². The molecule has 1 aromatic heterocycles. The van der Waals surface area contributed by atoms with Crippen molar-refractivity contribution in [2.45, 2.75) is 46.3 Å². The molecule has 1 N–H and O–H groups in total. The molecule has 0 aliphatic rings. The van der Waals surface area contributed by atoms with Crippen LogP contribution in [0.15, 0.2) is 41.0 Å². The van der Waals surface area contributed by atoms with Crippen LogP contribution in [0.2, 0.25) is 0 Å². The fraction of sp³-hybridized carbons (Fsp3) is 0.444. The van der Waals surface area contributed by atoms with Gasteiger partial charge in [-0.2, -0.15) is 0 Å². The summed E-state index contributed by atoms with van der Waals surface area (Å²) in [5.74, 6) is 1.77. The SMILES string of the molecule is CCNCc1ccoc1COc1cccc(C(C)(C)C)c1. The number of rotatable bonds is 6. The lowest BCUT2D eigenvalue weighted by molar-refractivity contribution is 0.267. The van der Waals surface area contributed by atoms with E-state index in [-0.39, 0.29) is 5.41 Å². The van der Waals surface area contributed by atoms with Gasteiger partial charge in [-0.3, -0.25) is 0 Å². The van der Waals surface area contributed by atoms with Crippen molar-refractivity contribution in [2.24, 2.45) is 0 Å². The van der Waals surface area contributed by atoms with E-state index in [0.717, 1.165) is 30.2 Å². The van der Waals surface area contributed by atoms with E-state index in [1.165, 1.54) is 5.56 Å². The summed E-state index contributed by atoms with van der Waals surface area (Å²) in [5.41, 5.74) is 2.55. The average molecular weight is 287 g/mol. The minimum absolute atomic E-state index is 0.125. The molecule has 3 heteroatoms. The van der Waals surface area contributed by atoms with E-state index in [4.69, 9.17) is 9.15 Å². The second-order valence-corrected chi connectivity index (χ2v) is 6.22. The summed E-state index contributed by atoms with van der Waals surface area (Å²) in [4.78, 5) is 0. The van der Waals surface area contributed by atoms with Crippen LogP contribution in [0.4, 0.5) is 0 Å². The zero-order chi connectivity index (χ0) is 15.3. The number of hydrogen-bond donors (Lipinski definition) is 1. The number of benzene rings is 1. The molecule has 0 fully saturated rings. The quantitative estimate of drug-likeness (QED) is 0.861. The second kappa shape index (κ2) is 6.81. The van der Waals surface area contributed by atoms with Gasteiger partial charge < -0.3 is 14.5 Å². The third-order valence-electron chi connectivity index (χ3n) is 3.47. The molecule has 2 aromatic rings. The maximum atomic E-state index is 5.89.